The van der Waals surface area contributed by atoms with Crippen molar-refractivity contribution in [2.75, 3.05) is 12.4 Å². The van der Waals surface area contributed by atoms with Crippen LogP contribution in [-0.4, -0.2) is 23.0 Å². The topological polar surface area (TPSA) is 115 Å². The van der Waals surface area contributed by atoms with Crippen molar-refractivity contribution in [2.45, 2.75) is 0 Å². The molecule has 3 rings (SSSR count). The molecule has 1 aromatic heterocycles. The van der Waals surface area contributed by atoms with Crippen LogP contribution in [0.1, 0.15) is 10.4 Å². The first-order valence-corrected chi connectivity index (χ1v) is 7.32. The van der Waals surface area contributed by atoms with Gasteiger partial charge in [0.05, 0.1) is 34.4 Å². The van der Waals surface area contributed by atoms with E-state index in [1.54, 1.807) is 6.07 Å². The summed E-state index contributed by atoms with van der Waals surface area (Å²) in [4.78, 5) is 22.7. The van der Waals surface area contributed by atoms with E-state index in [0.29, 0.717) is 11.0 Å². The van der Waals surface area contributed by atoms with Gasteiger partial charge in [0.1, 0.15) is 22.6 Å². The second-order valence-electron chi connectivity index (χ2n) is 5.01. The Kier molecular flexibility index (Phi) is 4.20. The first-order valence-electron chi connectivity index (χ1n) is 6.95. The number of nitro benzene ring substituents is 1. The molecule has 1 amide bonds. The number of carbonyl (C=O) groups excluding carboxylic acids is 1. The summed E-state index contributed by atoms with van der Waals surface area (Å²) in [5.41, 5.74) is 0.208. The molecular weight excluding hydrogens is 352 g/mol. The molecule has 128 valence electrons. The molecule has 0 saturated heterocycles. The smallest absolute Gasteiger partial charge is 0.271 e. The van der Waals surface area contributed by atoms with Crippen molar-refractivity contribution < 1.29 is 24.0 Å². The van der Waals surface area contributed by atoms with E-state index >= 15 is 0 Å². The minimum Gasteiger partial charge on any atom is -0.507 e. The number of rotatable bonds is 4. The monoisotopic (exact) mass is 362 g/mol. The van der Waals surface area contributed by atoms with E-state index in [-0.39, 0.29) is 33.5 Å². The molecule has 1 heterocycles. The van der Waals surface area contributed by atoms with E-state index in [9.17, 15) is 20.0 Å². The summed E-state index contributed by atoms with van der Waals surface area (Å²) in [5.74, 6) is -0.887. The van der Waals surface area contributed by atoms with Crippen molar-refractivity contribution >= 4 is 39.9 Å². The summed E-state index contributed by atoms with van der Waals surface area (Å²) in [6.45, 7) is 0. The second kappa shape index (κ2) is 6.33. The lowest BCUT2D eigenvalue weighted by Crippen LogP contribution is -2.14. The van der Waals surface area contributed by atoms with Gasteiger partial charge in [-0.05, 0) is 12.1 Å². The summed E-state index contributed by atoms with van der Waals surface area (Å²) >= 11 is 5.97. The lowest BCUT2D eigenvalue weighted by molar-refractivity contribution is -0.384. The van der Waals surface area contributed by atoms with Gasteiger partial charge in [-0.3, -0.25) is 14.9 Å². The molecule has 0 radical (unpaired) electrons. The van der Waals surface area contributed by atoms with Gasteiger partial charge in [0.25, 0.3) is 11.6 Å². The number of phenols is 1. The van der Waals surface area contributed by atoms with Gasteiger partial charge in [-0.25, -0.2) is 0 Å². The third-order valence-corrected chi connectivity index (χ3v) is 3.85. The molecule has 0 fully saturated rings. The van der Waals surface area contributed by atoms with Gasteiger partial charge in [0, 0.05) is 18.2 Å². The number of fused-ring (bicyclic) bond motifs is 1. The molecular formula is C16H11ClN2O6. The fourth-order valence-electron chi connectivity index (χ4n) is 2.40. The highest BCUT2D eigenvalue weighted by atomic mass is 35.5. The quantitative estimate of drug-likeness (QED) is 0.536. The summed E-state index contributed by atoms with van der Waals surface area (Å²) in [7, 11) is 1.36. The molecule has 8 nitrogen and oxygen atoms in total. The number of nitrogens with zero attached hydrogens (tertiary/aromatic N) is 1. The van der Waals surface area contributed by atoms with Crippen molar-refractivity contribution in [1.82, 2.24) is 0 Å². The number of halogens is 1. The first-order chi connectivity index (χ1) is 11.9. The molecule has 2 N–H and O–H groups in total. The van der Waals surface area contributed by atoms with Gasteiger partial charge in [-0.2, -0.15) is 0 Å². The van der Waals surface area contributed by atoms with E-state index < -0.39 is 10.8 Å². The van der Waals surface area contributed by atoms with Gasteiger partial charge in [-0.1, -0.05) is 11.6 Å². The molecule has 9 heteroatoms. The second-order valence-corrected chi connectivity index (χ2v) is 5.42. The Morgan fingerprint density at radius 2 is 2.12 bits per heavy atom. The van der Waals surface area contributed by atoms with Gasteiger partial charge in [-0.15, -0.1) is 0 Å². The molecule has 0 atom stereocenters. The largest absolute Gasteiger partial charge is 0.507 e. The van der Waals surface area contributed by atoms with Crippen molar-refractivity contribution in [1.29, 1.82) is 0 Å². The third-order valence-electron chi connectivity index (χ3n) is 3.53. The minimum atomic E-state index is -0.687. The average Bonchev–Trinajstić information content (AvgIpc) is 3.02. The summed E-state index contributed by atoms with van der Waals surface area (Å²) < 4.78 is 10.4. The van der Waals surface area contributed by atoms with E-state index in [1.807, 2.05) is 0 Å². The van der Waals surface area contributed by atoms with Crippen molar-refractivity contribution in [3.05, 3.63) is 57.3 Å². The maximum atomic E-state index is 12.6. The van der Waals surface area contributed by atoms with Gasteiger partial charge >= 0.3 is 0 Å². The molecule has 0 saturated carbocycles. The number of hydrogen-bond donors (Lipinski definition) is 2. The highest BCUT2D eigenvalue weighted by Gasteiger charge is 2.23. The van der Waals surface area contributed by atoms with E-state index in [0.717, 1.165) is 6.07 Å². The Hall–Kier alpha value is -3.26. The highest BCUT2D eigenvalue weighted by molar-refractivity contribution is 6.34. The number of anilines is 1. The number of phenolic OH excluding ortho intramolecular Hbond substituents is 1. The molecule has 0 aliphatic rings. The zero-order valence-electron chi connectivity index (χ0n) is 12.8. The van der Waals surface area contributed by atoms with Crippen molar-refractivity contribution in [3.8, 4) is 11.5 Å². The summed E-state index contributed by atoms with van der Waals surface area (Å²) in [5, 5.41) is 23.9. The molecule has 2 aromatic carbocycles. The number of nitro groups is 1. The van der Waals surface area contributed by atoms with Gasteiger partial charge in [0.2, 0.25) is 0 Å². The van der Waals surface area contributed by atoms with Crippen LogP contribution < -0.4 is 10.1 Å². The number of methoxy groups -OCH3 is 1. The number of amides is 1. The molecule has 0 aliphatic carbocycles. The molecule has 0 bridgehead atoms. The lowest BCUT2D eigenvalue weighted by Gasteiger charge is -2.12. The number of benzene rings is 2. The van der Waals surface area contributed by atoms with Gasteiger partial charge < -0.3 is 19.6 Å². The Labute approximate surface area is 145 Å². The molecule has 0 unspecified atom stereocenters. The zero-order valence-corrected chi connectivity index (χ0v) is 13.5. The first kappa shape index (κ1) is 16.6. The number of furan rings is 1. The zero-order chi connectivity index (χ0) is 18.1. The van der Waals surface area contributed by atoms with E-state index in [2.05, 4.69) is 5.32 Å². The predicted molar refractivity (Wildman–Crippen MR) is 90.5 cm³/mol. The van der Waals surface area contributed by atoms with Crippen LogP contribution in [0.15, 0.2) is 41.0 Å². The van der Waals surface area contributed by atoms with Crippen molar-refractivity contribution in [3.63, 3.8) is 0 Å². The van der Waals surface area contributed by atoms with Gasteiger partial charge in [0.15, 0.2) is 0 Å². The van der Waals surface area contributed by atoms with Crippen LogP contribution in [0.5, 0.6) is 11.5 Å². The number of hydrogen-bond acceptors (Lipinski definition) is 6. The van der Waals surface area contributed by atoms with Crippen LogP contribution in [0.2, 0.25) is 5.02 Å². The maximum Gasteiger partial charge on any atom is 0.271 e. The molecule has 0 spiro atoms. The highest BCUT2D eigenvalue weighted by Crippen LogP contribution is 2.38. The SMILES string of the molecule is COc1c(C(=O)Nc2ccc([N+](=O)[O-])cc2Cl)c(O)cc2occc12. The summed E-state index contributed by atoms with van der Waals surface area (Å²) in [6.07, 6.45) is 1.40. The number of ether oxygens (including phenoxy) is 1. The Morgan fingerprint density at radius 1 is 1.36 bits per heavy atom. The maximum absolute atomic E-state index is 12.6. The average molecular weight is 363 g/mol. The minimum absolute atomic E-state index is 0.00889. The lowest BCUT2D eigenvalue weighted by atomic mass is 10.1. The van der Waals surface area contributed by atoms with E-state index in [1.165, 1.54) is 31.6 Å². The van der Waals surface area contributed by atoms with Crippen LogP contribution in [0.25, 0.3) is 11.0 Å². The Balaban J connectivity index is 2.00. The van der Waals surface area contributed by atoms with Crippen molar-refractivity contribution in [2.24, 2.45) is 0 Å². The fourth-order valence-corrected chi connectivity index (χ4v) is 2.62. The van der Waals surface area contributed by atoms with Crippen LogP contribution >= 0.6 is 11.6 Å². The predicted octanol–water partition coefficient (Wildman–Crippen LogP) is 3.96. The number of nitrogens with one attached hydrogen (secondary N) is 1. The van der Waals surface area contributed by atoms with Crippen LogP contribution in [0.3, 0.4) is 0 Å². The number of carbonyl (C=O) groups is 1. The molecule has 25 heavy (non-hydrogen) atoms. The van der Waals surface area contributed by atoms with Crippen LogP contribution in [0.4, 0.5) is 11.4 Å². The standard InChI is InChI=1S/C16H11ClN2O6/c1-24-15-9-4-5-25-13(9)7-12(20)14(15)16(21)18-11-3-2-8(19(22)23)6-10(11)17/h2-7,20H,1H3,(H,18,21). The third kappa shape index (κ3) is 2.94. The molecule has 3 aromatic rings. The van der Waals surface area contributed by atoms with E-state index in [4.69, 9.17) is 20.8 Å². The fraction of sp³-hybridized carbons (Fsp3) is 0.0625. The normalized spacial score (nSPS) is 10.6. The Bertz CT molecular complexity index is 998. The summed E-state index contributed by atoms with van der Waals surface area (Å²) in [6, 6.07) is 6.52. The Morgan fingerprint density at radius 3 is 2.76 bits per heavy atom. The number of aromatic hydroxyl groups is 1. The van der Waals surface area contributed by atoms with Crippen LogP contribution in [-0.2, 0) is 0 Å². The number of non-ortho nitro benzene ring substituents is 1. The van der Waals surface area contributed by atoms with Crippen LogP contribution in [0, 0.1) is 10.1 Å². The molecule has 0 aliphatic heterocycles.